The molecular formula is C34H27NO5. The number of anilines is 1. The molecule has 40 heavy (non-hydrogen) atoms. The van der Waals surface area contributed by atoms with Gasteiger partial charge in [0.1, 0.15) is 5.75 Å². The van der Waals surface area contributed by atoms with Crippen molar-refractivity contribution in [2.45, 2.75) is 25.2 Å². The summed E-state index contributed by atoms with van der Waals surface area (Å²) in [4.78, 5) is 42.9. The highest BCUT2D eigenvalue weighted by molar-refractivity contribution is 6.25. The molecule has 6 nitrogen and oxygen atoms in total. The predicted molar refractivity (Wildman–Crippen MR) is 149 cm³/mol. The molecule has 1 saturated heterocycles. The summed E-state index contributed by atoms with van der Waals surface area (Å²) in [5.74, 6) is -1.16. The number of ether oxygens (including phenoxy) is 2. The minimum absolute atomic E-state index is 0.0370. The monoisotopic (exact) mass is 529 g/mol. The molecule has 8 rings (SSSR count). The van der Waals surface area contributed by atoms with Crippen LogP contribution in [0, 0.1) is 11.3 Å². The van der Waals surface area contributed by atoms with Crippen LogP contribution in [0.5, 0.6) is 11.5 Å². The van der Waals surface area contributed by atoms with Gasteiger partial charge in [0.15, 0.2) is 5.75 Å². The van der Waals surface area contributed by atoms with Crippen LogP contribution >= 0.6 is 0 Å². The summed E-state index contributed by atoms with van der Waals surface area (Å²) < 4.78 is 11.0. The highest BCUT2D eigenvalue weighted by atomic mass is 16.5. The Hall–Kier alpha value is -4.71. The molecule has 4 aromatic carbocycles. The molecule has 0 radical (unpaired) electrons. The maximum atomic E-state index is 14.4. The van der Waals surface area contributed by atoms with Crippen LogP contribution < -0.4 is 14.4 Å². The Morgan fingerprint density at radius 1 is 0.800 bits per heavy atom. The Balaban J connectivity index is 1.26. The SMILES string of the molecule is COc1ccc(CC(=O)Oc2ccccc2N2C(=O)C3C4c5ccccc5C(c5ccccc54)C3(C)C2=O)cc1. The van der Waals surface area contributed by atoms with Gasteiger partial charge in [0, 0.05) is 11.8 Å². The molecule has 0 aromatic heterocycles. The number of benzene rings is 4. The molecular weight excluding hydrogens is 502 g/mol. The lowest BCUT2D eigenvalue weighted by Crippen LogP contribution is -2.49. The number of amides is 2. The molecule has 1 fully saturated rings. The second-order valence-corrected chi connectivity index (χ2v) is 10.9. The zero-order valence-corrected chi connectivity index (χ0v) is 22.2. The van der Waals surface area contributed by atoms with Crippen molar-refractivity contribution >= 4 is 23.5 Å². The van der Waals surface area contributed by atoms with Crippen LogP contribution in [0.2, 0.25) is 0 Å². The van der Waals surface area contributed by atoms with Crippen LogP contribution in [0.15, 0.2) is 97.1 Å². The fourth-order valence-electron chi connectivity index (χ4n) is 7.14. The van der Waals surface area contributed by atoms with Crippen LogP contribution in [-0.4, -0.2) is 24.9 Å². The van der Waals surface area contributed by atoms with Gasteiger partial charge >= 0.3 is 5.97 Å². The van der Waals surface area contributed by atoms with Gasteiger partial charge in [0.2, 0.25) is 11.8 Å². The maximum Gasteiger partial charge on any atom is 0.315 e. The predicted octanol–water partition coefficient (Wildman–Crippen LogP) is 5.63. The van der Waals surface area contributed by atoms with Gasteiger partial charge in [-0.2, -0.15) is 0 Å². The van der Waals surface area contributed by atoms with Crippen molar-refractivity contribution in [2.24, 2.45) is 11.3 Å². The van der Waals surface area contributed by atoms with E-state index in [0.717, 1.165) is 27.8 Å². The molecule has 3 aliphatic carbocycles. The van der Waals surface area contributed by atoms with Crippen molar-refractivity contribution in [3.05, 3.63) is 125 Å². The maximum absolute atomic E-state index is 14.4. The van der Waals surface area contributed by atoms with Gasteiger partial charge in [-0.15, -0.1) is 0 Å². The van der Waals surface area contributed by atoms with Gasteiger partial charge < -0.3 is 9.47 Å². The first-order valence-electron chi connectivity index (χ1n) is 13.4. The summed E-state index contributed by atoms with van der Waals surface area (Å²) in [6.07, 6.45) is 0.0370. The number of rotatable bonds is 5. The molecule has 6 heteroatoms. The van der Waals surface area contributed by atoms with Crippen LogP contribution in [0.25, 0.3) is 0 Å². The third kappa shape index (κ3) is 3.32. The lowest BCUT2D eigenvalue weighted by Gasteiger charge is -2.51. The summed E-state index contributed by atoms with van der Waals surface area (Å²) in [5, 5.41) is 0. The number of esters is 1. The van der Waals surface area contributed by atoms with Crippen molar-refractivity contribution in [3.8, 4) is 11.5 Å². The van der Waals surface area contributed by atoms with E-state index in [1.165, 1.54) is 4.90 Å². The van der Waals surface area contributed by atoms with Gasteiger partial charge in [0.25, 0.3) is 0 Å². The van der Waals surface area contributed by atoms with Gasteiger partial charge in [-0.1, -0.05) is 72.8 Å². The fraction of sp³-hybridized carbons (Fsp3) is 0.206. The molecule has 2 atom stereocenters. The molecule has 1 heterocycles. The summed E-state index contributed by atoms with van der Waals surface area (Å²) in [5.41, 5.74) is 4.52. The Bertz CT molecular complexity index is 1650. The number of para-hydroxylation sites is 2. The molecule has 4 aromatic rings. The first-order valence-corrected chi connectivity index (χ1v) is 13.4. The van der Waals surface area contributed by atoms with Gasteiger partial charge in [-0.05, 0) is 59.0 Å². The third-order valence-corrected chi connectivity index (χ3v) is 8.85. The second kappa shape index (κ2) is 8.91. The third-order valence-electron chi connectivity index (χ3n) is 8.85. The first kappa shape index (κ1) is 24.3. The van der Waals surface area contributed by atoms with Crippen LogP contribution in [0.4, 0.5) is 5.69 Å². The van der Waals surface area contributed by atoms with E-state index in [1.807, 2.05) is 31.2 Å². The Morgan fingerprint density at radius 2 is 1.38 bits per heavy atom. The zero-order valence-electron chi connectivity index (χ0n) is 22.2. The number of carbonyl (C=O) groups is 3. The number of methoxy groups -OCH3 is 1. The summed E-state index contributed by atoms with van der Waals surface area (Å²) in [6.45, 7) is 1.93. The highest BCUT2D eigenvalue weighted by Crippen LogP contribution is 2.67. The lowest BCUT2D eigenvalue weighted by molar-refractivity contribution is -0.134. The van der Waals surface area contributed by atoms with E-state index in [4.69, 9.17) is 9.47 Å². The van der Waals surface area contributed by atoms with E-state index in [2.05, 4.69) is 24.3 Å². The number of carbonyl (C=O) groups excluding carboxylic acids is 3. The minimum atomic E-state index is -0.968. The molecule has 0 N–H and O–H groups in total. The first-order chi connectivity index (χ1) is 19.4. The number of hydrogen-bond acceptors (Lipinski definition) is 5. The average molecular weight is 530 g/mol. The van der Waals surface area contributed by atoms with E-state index < -0.39 is 17.3 Å². The largest absolute Gasteiger partial charge is 0.497 e. The van der Waals surface area contributed by atoms with Gasteiger partial charge in [-0.3, -0.25) is 14.4 Å². The number of hydrogen-bond donors (Lipinski definition) is 0. The fourth-order valence-corrected chi connectivity index (χ4v) is 7.14. The van der Waals surface area contributed by atoms with Crippen LogP contribution in [0.3, 0.4) is 0 Å². The van der Waals surface area contributed by atoms with Crippen LogP contribution in [0.1, 0.15) is 46.6 Å². The van der Waals surface area contributed by atoms with Crippen molar-refractivity contribution in [3.63, 3.8) is 0 Å². The van der Waals surface area contributed by atoms with Crippen molar-refractivity contribution in [2.75, 3.05) is 12.0 Å². The van der Waals surface area contributed by atoms with E-state index in [1.54, 1.807) is 55.6 Å². The zero-order chi connectivity index (χ0) is 27.6. The average Bonchev–Trinajstić information content (AvgIpc) is 3.18. The number of nitrogens with zero attached hydrogens (tertiary/aromatic N) is 1. The summed E-state index contributed by atoms with van der Waals surface area (Å²) in [7, 11) is 1.58. The van der Waals surface area contributed by atoms with Crippen molar-refractivity contribution < 1.29 is 23.9 Å². The topological polar surface area (TPSA) is 72.9 Å². The molecule has 2 bridgehead atoms. The van der Waals surface area contributed by atoms with E-state index >= 15 is 0 Å². The summed E-state index contributed by atoms with van der Waals surface area (Å²) in [6, 6.07) is 30.3. The molecule has 198 valence electrons. The van der Waals surface area contributed by atoms with E-state index in [0.29, 0.717) is 11.4 Å². The second-order valence-electron chi connectivity index (χ2n) is 10.9. The van der Waals surface area contributed by atoms with Crippen molar-refractivity contribution in [1.82, 2.24) is 0 Å². The molecule has 4 aliphatic rings. The summed E-state index contributed by atoms with van der Waals surface area (Å²) >= 11 is 0. The van der Waals surface area contributed by atoms with E-state index in [9.17, 15) is 14.4 Å². The molecule has 1 aliphatic heterocycles. The molecule has 2 unspecified atom stereocenters. The normalized spacial score (nSPS) is 23.9. The van der Waals surface area contributed by atoms with Crippen molar-refractivity contribution in [1.29, 1.82) is 0 Å². The number of imide groups is 1. The lowest BCUT2D eigenvalue weighted by atomic mass is 9.48. The quantitative estimate of drug-likeness (QED) is 0.190. The van der Waals surface area contributed by atoms with Crippen LogP contribution in [-0.2, 0) is 20.8 Å². The highest BCUT2D eigenvalue weighted by Gasteiger charge is 2.69. The van der Waals surface area contributed by atoms with Gasteiger partial charge in [-0.25, -0.2) is 4.90 Å². The Labute approximate surface area is 232 Å². The smallest absolute Gasteiger partial charge is 0.315 e. The standard InChI is InChI=1S/C34H27NO5/c1-34-30-24-11-5-3-9-22(24)29(23-10-4-6-12-25(23)30)31(34)32(37)35(33(34)38)26-13-7-8-14-27(26)40-28(36)19-20-15-17-21(39-2)18-16-20/h3-18,29-31H,19H2,1-2H3. The molecule has 2 amide bonds. The van der Waals surface area contributed by atoms with E-state index in [-0.39, 0.29) is 35.8 Å². The van der Waals surface area contributed by atoms with Gasteiger partial charge in [0.05, 0.1) is 30.6 Å². The Kier molecular flexibility index (Phi) is 5.42. The minimum Gasteiger partial charge on any atom is -0.497 e. The molecule has 0 spiro atoms. The molecule has 0 saturated carbocycles. The Morgan fingerprint density at radius 3 is 2.00 bits per heavy atom.